The number of likely N-dealkylation sites (N-methyl/N-ethyl adjacent to an activating group) is 1. The molecule has 4 rings (SSSR count). The third-order valence-corrected chi connectivity index (χ3v) is 4.89. The average molecular weight is 389 g/mol. The molecule has 1 amide bonds. The van der Waals surface area contributed by atoms with E-state index in [1.165, 1.54) is 6.07 Å². The van der Waals surface area contributed by atoms with Gasteiger partial charge in [0, 0.05) is 37.9 Å². The highest BCUT2D eigenvalue weighted by Gasteiger charge is 2.31. The Morgan fingerprint density at radius 1 is 1.04 bits per heavy atom. The first-order valence-corrected chi connectivity index (χ1v) is 8.83. The molecule has 0 bridgehead atoms. The molecule has 1 fully saturated rings. The Morgan fingerprint density at radius 2 is 1.79 bits per heavy atom. The van der Waals surface area contributed by atoms with Gasteiger partial charge in [-0.3, -0.25) is 9.20 Å². The minimum absolute atomic E-state index is 0.112. The van der Waals surface area contributed by atoms with Crippen LogP contribution in [0.25, 0.3) is 17.0 Å². The second-order valence-corrected chi connectivity index (χ2v) is 6.84. The molecule has 9 heteroatoms. The Morgan fingerprint density at radius 3 is 2.50 bits per heavy atom. The summed E-state index contributed by atoms with van der Waals surface area (Å²) in [5, 5.41) is 8.04. The molecule has 1 aromatic carbocycles. The number of fused-ring (bicyclic) bond motifs is 1. The van der Waals surface area contributed by atoms with Crippen molar-refractivity contribution in [2.24, 2.45) is 0 Å². The van der Waals surface area contributed by atoms with E-state index >= 15 is 0 Å². The van der Waals surface area contributed by atoms with E-state index in [0.717, 1.165) is 25.2 Å². The molecule has 1 aliphatic rings. The molecule has 28 heavy (non-hydrogen) atoms. The molecule has 0 unspecified atom stereocenters. The van der Waals surface area contributed by atoms with Crippen molar-refractivity contribution in [2.75, 3.05) is 33.2 Å². The Labute approximate surface area is 159 Å². The molecule has 0 spiro atoms. The van der Waals surface area contributed by atoms with Crippen LogP contribution in [0.15, 0.2) is 42.6 Å². The summed E-state index contributed by atoms with van der Waals surface area (Å²) in [4.78, 5) is 16.7. The van der Waals surface area contributed by atoms with Crippen molar-refractivity contribution in [1.29, 1.82) is 0 Å². The molecule has 0 N–H and O–H groups in total. The van der Waals surface area contributed by atoms with Crippen LogP contribution >= 0.6 is 0 Å². The summed E-state index contributed by atoms with van der Waals surface area (Å²) in [5.41, 5.74) is 0.436. The van der Waals surface area contributed by atoms with E-state index in [1.54, 1.807) is 33.7 Å². The zero-order valence-corrected chi connectivity index (χ0v) is 15.1. The minimum Gasteiger partial charge on any atom is -0.336 e. The van der Waals surface area contributed by atoms with Gasteiger partial charge in [0.15, 0.2) is 11.5 Å². The Hall–Kier alpha value is -2.94. The first-order chi connectivity index (χ1) is 13.3. The monoisotopic (exact) mass is 389 g/mol. The number of carbonyl (C=O) groups is 1. The highest BCUT2D eigenvalue weighted by Crippen LogP contribution is 2.31. The second-order valence-electron chi connectivity index (χ2n) is 6.84. The van der Waals surface area contributed by atoms with Crippen LogP contribution in [0.2, 0.25) is 0 Å². The van der Waals surface area contributed by atoms with Crippen molar-refractivity contribution in [3.8, 4) is 11.4 Å². The Balaban J connectivity index is 1.70. The standard InChI is InChI=1S/C19H18F3N5O/c1-25-7-9-26(10-8-25)18(28)14-5-6-16-23-24-17(27(16)12-14)13-3-2-4-15(11-13)19(20,21)22/h2-6,11-12H,7-10H2,1H3. The lowest BCUT2D eigenvalue weighted by Crippen LogP contribution is -2.47. The quantitative estimate of drug-likeness (QED) is 0.676. The van der Waals surface area contributed by atoms with Crippen molar-refractivity contribution in [3.63, 3.8) is 0 Å². The van der Waals surface area contributed by atoms with Gasteiger partial charge < -0.3 is 9.80 Å². The highest BCUT2D eigenvalue weighted by atomic mass is 19.4. The zero-order chi connectivity index (χ0) is 19.9. The van der Waals surface area contributed by atoms with Crippen LogP contribution in [0.5, 0.6) is 0 Å². The molecule has 3 aromatic rings. The van der Waals surface area contributed by atoms with Gasteiger partial charge in [0.1, 0.15) is 0 Å². The van der Waals surface area contributed by atoms with Crippen LogP contribution in [0.4, 0.5) is 13.2 Å². The smallest absolute Gasteiger partial charge is 0.336 e. The molecule has 0 radical (unpaired) electrons. The van der Waals surface area contributed by atoms with E-state index in [0.29, 0.717) is 24.3 Å². The van der Waals surface area contributed by atoms with E-state index in [1.807, 2.05) is 7.05 Å². The summed E-state index contributed by atoms with van der Waals surface area (Å²) in [7, 11) is 2.01. The highest BCUT2D eigenvalue weighted by molar-refractivity contribution is 5.94. The van der Waals surface area contributed by atoms with Crippen molar-refractivity contribution in [3.05, 3.63) is 53.7 Å². The van der Waals surface area contributed by atoms with Gasteiger partial charge in [0.25, 0.3) is 5.91 Å². The summed E-state index contributed by atoms with van der Waals surface area (Å²) >= 11 is 0. The topological polar surface area (TPSA) is 53.7 Å². The predicted molar refractivity (Wildman–Crippen MR) is 96.8 cm³/mol. The number of aromatic nitrogens is 3. The van der Waals surface area contributed by atoms with Crippen LogP contribution in [-0.2, 0) is 6.18 Å². The summed E-state index contributed by atoms with van der Waals surface area (Å²) in [6, 6.07) is 8.23. The van der Waals surface area contributed by atoms with E-state index in [2.05, 4.69) is 15.1 Å². The third kappa shape index (κ3) is 3.45. The normalized spacial score (nSPS) is 15.9. The Kier molecular flexibility index (Phi) is 4.54. The SMILES string of the molecule is CN1CCN(C(=O)c2ccc3nnc(-c4cccc(C(F)(F)F)c4)n3c2)CC1. The number of amides is 1. The number of alkyl halides is 3. The maximum Gasteiger partial charge on any atom is 0.416 e. The minimum atomic E-state index is -4.45. The number of carbonyl (C=O) groups excluding carboxylic acids is 1. The fraction of sp³-hybridized carbons (Fsp3) is 0.316. The first-order valence-electron chi connectivity index (χ1n) is 8.83. The van der Waals surface area contributed by atoms with Crippen LogP contribution in [0, 0.1) is 0 Å². The molecule has 6 nitrogen and oxygen atoms in total. The molecular weight excluding hydrogens is 371 g/mol. The number of pyridine rings is 1. The third-order valence-electron chi connectivity index (χ3n) is 4.89. The molecule has 146 valence electrons. The van der Waals surface area contributed by atoms with Gasteiger partial charge in [-0.15, -0.1) is 10.2 Å². The van der Waals surface area contributed by atoms with Crippen LogP contribution in [0.1, 0.15) is 15.9 Å². The maximum absolute atomic E-state index is 13.0. The van der Waals surface area contributed by atoms with Gasteiger partial charge in [-0.25, -0.2) is 0 Å². The number of benzene rings is 1. The van der Waals surface area contributed by atoms with Gasteiger partial charge in [-0.2, -0.15) is 13.2 Å². The van der Waals surface area contributed by atoms with Gasteiger partial charge >= 0.3 is 6.18 Å². The summed E-state index contributed by atoms with van der Waals surface area (Å²) in [6.45, 7) is 2.87. The number of halogens is 3. The van der Waals surface area contributed by atoms with Crippen molar-refractivity contribution >= 4 is 11.6 Å². The molecule has 1 aliphatic heterocycles. The lowest BCUT2D eigenvalue weighted by Gasteiger charge is -2.32. The summed E-state index contributed by atoms with van der Waals surface area (Å²) < 4.78 is 40.6. The number of piperazine rings is 1. The predicted octanol–water partition coefficient (Wildman–Crippen LogP) is 2.80. The molecule has 0 atom stereocenters. The van der Waals surface area contributed by atoms with Crippen LogP contribution in [0.3, 0.4) is 0 Å². The lowest BCUT2D eigenvalue weighted by molar-refractivity contribution is -0.137. The molecule has 3 heterocycles. The van der Waals surface area contributed by atoms with E-state index < -0.39 is 11.7 Å². The average Bonchev–Trinajstić information content (AvgIpc) is 3.10. The molecule has 1 saturated heterocycles. The second kappa shape index (κ2) is 6.90. The fourth-order valence-electron chi connectivity index (χ4n) is 3.24. The fourth-order valence-corrected chi connectivity index (χ4v) is 3.24. The largest absolute Gasteiger partial charge is 0.416 e. The maximum atomic E-state index is 13.0. The number of nitrogens with zero attached hydrogens (tertiary/aromatic N) is 5. The van der Waals surface area contributed by atoms with Crippen molar-refractivity contribution in [2.45, 2.75) is 6.18 Å². The van der Waals surface area contributed by atoms with E-state index in [-0.39, 0.29) is 17.3 Å². The van der Waals surface area contributed by atoms with Gasteiger partial charge in [-0.1, -0.05) is 12.1 Å². The summed E-state index contributed by atoms with van der Waals surface area (Å²) in [5.74, 6) is 0.146. The van der Waals surface area contributed by atoms with Crippen LogP contribution in [-0.4, -0.2) is 63.5 Å². The lowest BCUT2D eigenvalue weighted by atomic mass is 10.1. The molecule has 2 aromatic heterocycles. The van der Waals surface area contributed by atoms with Crippen molar-refractivity contribution < 1.29 is 18.0 Å². The van der Waals surface area contributed by atoms with Crippen LogP contribution < -0.4 is 0 Å². The summed E-state index contributed by atoms with van der Waals surface area (Å²) in [6.07, 6.45) is -2.86. The first kappa shape index (κ1) is 18.4. The number of rotatable bonds is 2. The number of hydrogen-bond acceptors (Lipinski definition) is 4. The van der Waals surface area contributed by atoms with E-state index in [4.69, 9.17) is 0 Å². The molecule has 0 saturated carbocycles. The van der Waals surface area contributed by atoms with E-state index in [9.17, 15) is 18.0 Å². The molecule has 0 aliphatic carbocycles. The number of hydrogen-bond donors (Lipinski definition) is 0. The Bertz CT molecular complexity index is 1020. The zero-order valence-electron chi connectivity index (χ0n) is 15.1. The van der Waals surface area contributed by atoms with Gasteiger partial charge in [-0.05, 0) is 31.3 Å². The molecular formula is C19H18F3N5O. The van der Waals surface area contributed by atoms with Gasteiger partial charge in [0.2, 0.25) is 0 Å². The van der Waals surface area contributed by atoms with Crippen molar-refractivity contribution in [1.82, 2.24) is 24.4 Å². The van der Waals surface area contributed by atoms with Gasteiger partial charge in [0.05, 0.1) is 11.1 Å².